The summed E-state index contributed by atoms with van der Waals surface area (Å²) < 4.78 is 21.7. The van der Waals surface area contributed by atoms with Crippen LogP contribution in [0.25, 0.3) is 0 Å². The summed E-state index contributed by atoms with van der Waals surface area (Å²) in [6.07, 6.45) is 15.0. The van der Waals surface area contributed by atoms with Crippen LogP contribution >= 0.6 is 0 Å². The molecule has 0 aliphatic heterocycles. The van der Waals surface area contributed by atoms with Gasteiger partial charge < -0.3 is 55.5 Å². The molecule has 2 atom stereocenters. The molecule has 0 fully saturated rings. The largest absolute Gasteiger partial charge is 0.481 e. The molecule has 0 aliphatic carbocycles. The van der Waals surface area contributed by atoms with Crippen LogP contribution in [0, 0.1) is 0 Å². The Morgan fingerprint density at radius 2 is 0.875 bits per heavy atom. The van der Waals surface area contributed by atoms with Crippen LogP contribution in [0.5, 0.6) is 0 Å². The molecular formula is C39H72N4O13. The number of carbonyl (C=O) groups is 6. The van der Waals surface area contributed by atoms with Crippen molar-refractivity contribution in [2.45, 2.75) is 141 Å². The molecule has 0 aromatic heterocycles. The van der Waals surface area contributed by atoms with E-state index in [2.05, 4.69) is 21.3 Å². The van der Waals surface area contributed by atoms with Crippen molar-refractivity contribution in [3.05, 3.63) is 0 Å². The van der Waals surface area contributed by atoms with Crippen LogP contribution in [-0.4, -0.2) is 136 Å². The first kappa shape index (κ1) is 52.6. The molecule has 7 N–H and O–H groups in total. The SMILES string of the molecule is CN[C@@H](CCCCNC(=O)CCOCCOCCOCCOCCNC(=O)CC[C@H](NC(=O)CCCCCCCCCCCCCCC(=O)O)C(=O)O)C(=O)O. The number of likely N-dealkylation sites (N-methyl/N-ethyl adjacent to an activating group) is 1. The number of amides is 3. The van der Waals surface area contributed by atoms with Crippen LogP contribution in [-0.2, 0) is 47.7 Å². The van der Waals surface area contributed by atoms with Gasteiger partial charge in [0.25, 0.3) is 0 Å². The van der Waals surface area contributed by atoms with Crippen LogP contribution in [0.15, 0.2) is 0 Å². The number of carbonyl (C=O) groups excluding carboxylic acids is 3. The van der Waals surface area contributed by atoms with Crippen molar-refractivity contribution in [3.8, 4) is 0 Å². The van der Waals surface area contributed by atoms with Crippen LogP contribution in [0.3, 0.4) is 0 Å². The maximum atomic E-state index is 12.3. The zero-order valence-electron chi connectivity index (χ0n) is 33.8. The lowest BCUT2D eigenvalue weighted by Gasteiger charge is -2.14. The van der Waals surface area contributed by atoms with E-state index in [1.54, 1.807) is 7.05 Å². The molecular weight excluding hydrogens is 732 g/mol. The van der Waals surface area contributed by atoms with Crippen molar-refractivity contribution in [2.75, 3.05) is 73.0 Å². The molecule has 0 rings (SSSR count). The lowest BCUT2D eigenvalue weighted by atomic mass is 10.0. The van der Waals surface area contributed by atoms with Gasteiger partial charge in [-0.3, -0.25) is 24.0 Å². The third-order valence-electron chi connectivity index (χ3n) is 8.88. The van der Waals surface area contributed by atoms with E-state index in [1.807, 2.05) is 0 Å². The standard InChI is InChI=1S/C39H72N4O13/c1-40-32(38(49)50)16-14-15-22-41-35(45)21-24-53-26-28-55-30-31-56-29-27-54-25-23-42-34(44)20-19-33(39(51)52)43-36(46)17-12-10-8-6-4-2-3-5-7-9-11-13-18-37(47)48/h32-33,40H,2-31H2,1H3,(H,41,45)(H,42,44)(H,43,46)(H,47,48)(H,49,50)(H,51,52)/t32-,33-/m0/s1. The zero-order chi connectivity index (χ0) is 41.5. The Balaban J connectivity index is 3.61. The van der Waals surface area contributed by atoms with Gasteiger partial charge in [-0.15, -0.1) is 0 Å². The fraction of sp³-hybridized carbons (Fsp3) is 0.846. The molecule has 17 heteroatoms. The number of nitrogens with one attached hydrogen (secondary N) is 4. The molecule has 0 spiro atoms. The van der Waals surface area contributed by atoms with Gasteiger partial charge in [-0.25, -0.2) is 4.79 Å². The van der Waals surface area contributed by atoms with Crippen molar-refractivity contribution in [1.29, 1.82) is 0 Å². The lowest BCUT2D eigenvalue weighted by molar-refractivity contribution is -0.142. The molecule has 17 nitrogen and oxygen atoms in total. The molecule has 0 aromatic carbocycles. The van der Waals surface area contributed by atoms with Crippen molar-refractivity contribution in [2.24, 2.45) is 0 Å². The Morgan fingerprint density at radius 1 is 0.429 bits per heavy atom. The quantitative estimate of drug-likeness (QED) is 0.0437. The van der Waals surface area contributed by atoms with Gasteiger partial charge in [0.05, 0.1) is 52.9 Å². The molecule has 0 heterocycles. The topological polar surface area (TPSA) is 248 Å². The highest BCUT2D eigenvalue weighted by Crippen LogP contribution is 2.13. The zero-order valence-corrected chi connectivity index (χ0v) is 33.8. The van der Waals surface area contributed by atoms with E-state index >= 15 is 0 Å². The first-order valence-corrected chi connectivity index (χ1v) is 20.5. The number of aliphatic carboxylic acids is 3. The van der Waals surface area contributed by atoms with Gasteiger partial charge in [-0.2, -0.15) is 0 Å². The molecule has 0 saturated heterocycles. The van der Waals surface area contributed by atoms with Gasteiger partial charge >= 0.3 is 17.9 Å². The highest BCUT2D eigenvalue weighted by atomic mass is 16.6. The number of hydrogen-bond donors (Lipinski definition) is 7. The second-order valence-corrected chi connectivity index (χ2v) is 13.7. The second-order valence-electron chi connectivity index (χ2n) is 13.7. The molecule has 326 valence electrons. The first-order chi connectivity index (χ1) is 27.1. The van der Waals surface area contributed by atoms with Crippen molar-refractivity contribution in [3.63, 3.8) is 0 Å². The van der Waals surface area contributed by atoms with E-state index in [9.17, 15) is 33.9 Å². The number of hydrogen-bond acceptors (Lipinski definition) is 11. The molecule has 3 amide bonds. The number of rotatable bonds is 42. The molecule has 0 radical (unpaired) electrons. The van der Waals surface area contributed by atoms with Gasteiger partial charge in [0.15, 0.2) is 0 Å². The third-order valence-corrected chi connectivity index (χ3v) is 8.88. The monoisotopic (exact) mass is 805 g/mol. The van der Waals surface area contributed by atoms with E-state index in [0.29, 0.717) is 71.9 Å². The van der Waals surface area contributed by atoms with E-state index in [1.165, 1.54) is 19.3 Å². The number of carboxylic acid groups (broad SMARTS) is 3. The minimum Gasteiger partial charge on any atom is -0.481 e. The molecule has 0 unspecified atom stereocenters. The maximum Gasteiger partial charge on any atom is 0.326 e. The third kappa shape index (κ3) is 36.3. The summed E-state index contributed by atoms with van der Waals surface area (Å²) in [6.45, 7) is 3.42. The minimum absolute atomic E-state index is 0.00665. The van der Waals surface area contributed by atoms with E-state index in [0.717, 1.165) is 51.4 Å². The molecule has 0 bridgehead atoms. The van der Waals surface area contributed by atoms with Gasteiger partial charge in [0.2, 0.25) is 17.7 Å². The van der Waals surface area contributed by atoms with Crippen LogP contribution in [0.2, 0.25) is 0 Å². The summed E-state index contributed by atoms with van der Waals surface area (Å²) in [5.41, 5.74) is 0. The fourth-order valence-electron chi connectivity index (χ4n) is 5.59. The average molecular weight is 805 g/mol. The molecule has 0 aliphatic rings. The maximum absolute atomic E-state index is 12.3. The lowest BCUT2D eigenvalue weighted by Crippen LogP contribution is -2.41. The van der Waals surface area contributed by atoms with Gasteiger partial charge in [0.1, 0.15) is 12.1 Å². The smallest absolute Gasteiger partial charge is 0.326 e. The van der Waals surface area contributed by atoms with E-state index < -0.39 is 30.0 Å². The Morgan fingerprint density at radius 3 is 1.38 bits per heavy atom. The summed E-state index contributed by atoms with van der Waals surface area (Å²) >= 11 is 0. The summed E-state index contributed by atoms with van der Waals surface area (Å²) in [4.78, 5) is 69.3. The molecule has 56 heavy (non-hydrogen) atoms. The number of unbranched alkanes of at least 4 members (excludes halogenated alkanes) is 12. The number of carboxylic acids is 3. The van der Waals surface area contributed by atoms with Crippen molar-refractivity contribution < 1.29 is 63.0 Å². The van der Waals surface area contributed by atoms with Gasteiger partial charge in [0, 0.05) is 38.8 Å². The summed E-state index contributed by atoms with van der Waals surface area (Å²) in [5.74, 6) is -3.54. The normalized spacial score (nSPS) is 12.2. The summed E-state index contributed by atoms with van der Waals surface area (Å²) in [7, 11) is 1.61. The van der Waals surface area contributed by atoms with E-state index in [-0.39, 0.29) is 69.6 Å². The van der Waals surface area contributed by atoms with Gasteiger partial charge in [-0.1, -0.05) is 64.2 Å². The second kappa shape index (κ2) is 38.5. The highest BCUT2D eigenvalue weighted by Gasteiger charge is 2.21. The van der Waals surface area contributed by atoms with Crippen LogP contribution in [0.4, 0.5) is 0 Å². The number of ether oxygens (including phenoxy) is 4. The van der Waals surface area contributed by atoms with E-state index in [4.69, 9.17) is 29.2 Å². The Hall–Kier alpha value is -3.38. The average Bonchev–Trinajstić information content (AvgIpc) is 3.15. The fourth-order valence-corrected chi connectivity index (χ4v) is 5.59. The summed E-state index contributed by atoms with van der Waals surface area (Å²) in [6, 6.07) is -1.69. The molecule has 0 saturated carbocycles. The van der Waals surface area contributed by atoms with Crippen LogP contribution < -0.4 is 21.3 Å². The predicted molar refractivity (Wildman–Crippen MR) is 209 cm³/mol. The first-order valence-electron chi connectivity index (χ1n) is 20.5. The molecule has 0 aromatic rings. The minimum atomic E-state index is -1.17. The van der Waals surface area contributed by atoms with Gasteiger partial charge in [-0.05, 0) is 45.6 Å². The van der Waals surface area contributed by atoms with Crippen molar-refractivity contribution in [1.82, 2.24) is 21.3 Å². The Kier molecular flexibility index (Phi) is 36.2. The van der Waals surface area contributed by atoms with Crippen molar-refractivity contribution >= 4 is 35.6 Å². The Labute approximate surface area is 333 Å². The highest BCUT2D eigenvalue weighted by molar-refractivity contribution is 5.84. The summed E-state index contributed by atoms with van der Waals surface area (Å²) in [5, 5.41) is 37.9. The Bertz CT molecular complexity index is 1050. The van der Waals surface area contributed by atoms with Crippen LogP contribution in [0.1, 0.15) is 128 Å². The predicted octanol–water partition coefficient (Wildman–Crippen LogP) is 3.41.